The molecule has 0 saturated heterocycles. The molecule has 0 atom stereocenters. The van der Waals surface area contributed by atoms with E-state index in [-0.39, 0.29) is 12.5 Å². The lowest BCUT2D eigenvalue weighted by Gasteiger charge is -2.14. The predicted octanol–water partition coefficient (Wildman–Crippen LogP) is 4.52. The summed E-state index contributed by atoms with van der Waals surface area (Å²) in [6, 6.07) is 20.3. The van der Waals surface area contributed by atoms with E-state index in [2.05, 4.69) is 41.4 Å². The number of carbonyl (C=O) groups excluding carboxylic acids is 1. The molecule has 5 heteroatoms. The van der Waals surface area contributed by atoms with Crippen LogP contribution in [0.15, 0.2) is 60.7 Å². The quantitative estimate of drug-likeness (QED) is 0.486. The van der Waals surface area contributed by atoms with E-state index < -0.39 is 6.09 Å². The number of benzene rings is 2. The zero-order valence-electron chi connectivity index (χ0n) is 15.9. The van der Waals surface area contributed by atoms with Gasteiger partial charge in [0.2, 0.25) is 0 Å². The SMILES string of the molecule is O=C(NCCC#Cc1ccc(CO)s1)OCC1c2ccccc2-c2ccccc21. The highest BCUT2D eigenvalue weighted by Gasteiger charge is 2.28. The van der Waals surface area contributed by atoms with Crippen LogP contribution in [0.5, 0.6) is 0 Å². The van der Waals surface area contributed by atoms with Crippen LogP contribution in [0.4, 0.5) is 4.79 Å². The van der Waals surface area contributed by atoms with Gasteiger partial charge in [0.15, 0.2) is 0 Å². The Morgan fingerprint density at radius 2 is 1.72 bits per heavy atom. The summed E-state index contributed by atoms with van der Waals surface area (Å²) in [5.41, 5.74) is 4.83. The summed E-state index contributed by atoms with van der Waals surface area (Å²) in [4.78, 5) is 13.9. The number of aliphatic hydroxyl groups excluding tert-OH is 1. The van der Waals surface area contributed by atoms with E-state index in [1.807, 2.05) is 36.4 Å². The fourth-order valence-electron chi connectivity index (χ4n) is 3.56. The molecule has 0 bridgehead atoms. The largest absolute Gasteiger partial charge is 0.449 e. The van der Waals surface area contributed by atoms with Crippen molar-refractivity contribution in [2.24, 2.45) is 0 Å². The molecule has 0 fully saturated rings. The van der Waals surface area contributed by atoms with Crippen molar-refractivity contribution in [3.63, 3.8) is 0 Å². The van der Waals surface area contributed by atoms with Gasteiger partial charge in [-0.15, -0.1) is 11.3 Å². The van der Waals surface area contributed by atoms with Crippen molar-refractivity contribution in [2.45, 2.75) is 18.9 Å². The van der Waals surface area contributed by atoms with E-state index in [1.165, 1.54) is 33.6 Å². The van der Waals surface area contributed by atoms with Gasteiger partial charge in [0.25, 0.3) is 0 Å². The second-order valence-electron chi connectivity index (χ2n) is 6.73. The molecule has 3 aromatic rings. The Morgan fingerprint density at radius 3 is 2.38 bits per heavy atom. The highest BCUT2D eigenvalue weighted by Crippen LogP contribution is 2.44. The molecule has 0 saturated carbocycles. The van der Waals surface area contributed by atoms with Gasteiger partial charge in [-0.25, -0.2) is 4.79 Å². The Hall–Kier alpha value is -3.07. The fraction of sp³-hybridized carbons (Fsp3) is 0.208. The van der Waals surface area contributed by atoms with Crippen LogP contribution in [0, 0.1) is 11.8 Å². The van der Waals surface area contributed by atoms with E-state index in [4.69, 9.17) is 9.84 Å². The van der Waals surface area contributed by atoms with Crippen molar-refractivity contribution in [3.05, 3.63) is 81.5 Å². The summed E-state index contributed by atoms with van der Waals surface area (Å²) in [6.45, 7) is 0.780. The summed E-state index contributed by atoms with van der Waals surface area (Å²) in [5.74, 6) is 6.13. The van der Waals surface area contributed by atoms with E-state index in [9.17, 15) is 4.79 Å². The third kappa shape index (κ3) is 4.34. The zero-order chi connectivity index (χ0) is 20.1. The number of carbonyl (C=O) groups is 1. The van der Waals surface area contributed by atoms with Crippen molar-refractivity contribution in [3.8, 4) is 23.0 Å². The highest BCUT2D eigenvalue weighted by molar-refractivity contribution is 7.12. The first-order valence-corrected chi connectivity index (χ1v) is 10.3. The maximum Gasteiger partial charge on any atom is 0.407 e. The molecule has 1 aliphatic rings. The molecule has 1 amide bonds. The van der Waals surface area contributed by atoms with E-state index >= 15 is 0 Å². The van der Waals surface area contributed by atoms with Crippen molar-refractivity contribution in [2.75, 3.05) is 13.2 Å². The van der Waals surface area contributed by atoms with Crippen LogP contribution in [0.25, 0.3) is 11.1 Å². The van der Waals surface area contributed by atoms with E-state index in [0.29, 0.717) is 19.6 Å². The van der Waals surface area contributed by atoms with Gasteiger partial charge in [0.1, 0.15) is 6.61 Å². The molecule has 29 heavy (non-hydrogen) atoms. The topological polar surface area (TPSA) is 58.6 Å². The van der Waals surface area contributed by atoms with Gasteiger partial charge in [0.05, 0.1) is 11.5 Å². The lowest BCUT2D eigenvalue weighted by molar-refractivity contribution is 0.143. The van der Waals surface area contributed by atoms with Gasteiger partial charge in [0, 0.05) is 23.8 Å². The minimum Gasteiger partial charge on any atom is -0.449 e. The maximum absolute atomic E-state index is 12.1. The Labute approximate surface area is 174 Å². The molecule has 2 aromatic carbocycles. The molecule has 1 aliphatic carbocycles. The third-order valence-corrected chi connectivity index (χ3v) is 5.88. The number of alkyl carbamates (subject to hydrolysis) is 1. The average molecular weight is 404 g/mol. The first kappa shape index (κ1) is 19.3. The number of fused-ring (bicyclic) bond motifs is 3. The molecular formula is C24H21NO3S. The number of nitrogens with one attached hydrogen (secondary N) is 1. The van der Waals surface area contributed by atoms with Gasteiger partial charge < -0.3 is 15.2 Å². The second kappa shape index (κ2) is 8.95. The van der Waals surface area contributed by atoms with Gasteiger partial charge in [-0.2, -0.15) is 0 Å². The maximum atomic E-state index is 12.1. The standard InChI is InChI=1S/C24H21NO3S/c26-15-18-13-12-17(29-18)7-5-6-14-25-24(27)28-16-23-21-10-3-1-8-19(21)20-9-2-4-11-22(20)23/h1-4,8-13,23,26H,6,14-16H2,(H,25,27). The Bertz CT molecular complexity index is 1030. The smallest absolute Gasteiger partial charge is 0.407 e. The summed E-state index contributed by atoms with van der Waals surface area (Å²) >= 11 is 1.47. The predicted molar refractivity (Wildman–Crippen MR) is 115 cm³/mol. The highest BCUT2D eigenvalue weighted by atomic mass is 32.1. The van der Waals surface area contributed by atoms with Crippen molar-refractivity contribution >= 4 is 17.4 Å². The van der Waals surface area contributed by atoms with Crippen LogP contribution in [-0.2, 0) is 11.3 Å². The van der Waals surface area contributed by atoms with Crippen LogP contribution in [0.2, 0.25) is 0 Å². The number of ether oxygens (including phenoxy) is 1. The molecule has 2 N–H and O–H groups in total. The Morgan fingerprint density at radius 1 is 1.03 bits per heavy atom. The summed E-state index contributed by atoms with van der Waals surface area (Å²) < 4.78 is 5.50. The third-order valence-electron chi connectivity index (χ3n) is 4.89. The summed E-state index contributed by atoms with van der Waals surface area (Å²) in [6.07, 6.45) is 0.115. The van der Waals surface area contributed by atoms with Crippen molar-refractivity contribution in [1.29, 1.82) is 0 Å². The number of hydrogen-bond acceptors (Lipinski definition) is 4. The minimum absolute atomic E-state index is 0.0374. The Kier molecular flexibility index (Phi) is 5.95. The van der Waals surface area contributed by atoms with Crippen LogP contribution in [0.3, 0.4) is 0 Å². The minimum atomic E-state index is -0.424. The number of amides is 1. The lowest BCUT2D eigenvalue weighted by Crippen LogP contribution is -2.26. The monoisotopic (exact) mass is 403 g/mol. The normalized spacial score (nSPS) is 11.9. The second-order valence-corrected chi connectivity index (χ2v) is 7.90. The molecule has 4 rings (SSSR count). The number of aliphatic hydroxyl groups is 1. The molecule has 1 heterocycles. The van der Waals surface area contributed by atoms with E-state index in [0.717, 1.165) is 9.75 Å². The summed E-state index contributed by atoms with van der Waals surface area (Å²) in [5, 5.41) is 11.8. The van der Waals surface area contributed by atoms with Crippen molar-refractivity contribution < 1.29 is 14.6 Å². The summed E-state index contributed by atoms with van der Waals surface area (Å²) in [7, 11) is 0. The zero-order valence-corrected chi connectivity index (χ0v) is 16.7. The first-order valence-electron chi connectivity index (χ1n) is 9.53. The molecule has 1 aromatic heterocycles. The van der Waals surface area contributed by atoms with Gasteiger partial charge in [-0.3, -0.25) is 0 Å². The van der Waals surface area contributed by atoms with Crippen molar-refractivity contribution in [1.82, 2.24) is 5.32 Å². The average Bonchev–Trinajstić information content (AvgIpc) is 3.34. The molecule has 0 spiro atoms. The van der Waals surface area contributed by atoms with Crippen LogP contribution < -0.4 is 5.32 Å². The van der Waals surface area contributed by atoms with Gasteiger partial charge >= 0.3 is 6.09 Å². The lowest BCUT2D eigenvalue weighted by atomic mass is 9.98. The van der Waals surface area contributed by atoms with Crippen LogP contribution in [0.1, 0.15) is 33.2 Å². The molecule has 0 radical (unpaired) electrons. The fourth-order valence-corrected chi connectivity index (χ4v) is 4.30. The van der Waals surface area contributed by atoms with Crippen LogP contribution in [-0.4, -0.2) is 24.4 Å². The molecule has 146 valence electrons. The Balaban J connectivity index is 1.28. The number of thiophene rings is 1. The number of rotatable bonds is 5. The first-order chi connectivity index (χ1) is 14.3. The molecular weight excluding hydrogens is 382 g/mol. The van der Waals surface area contributed by atoms with E-state index in [1.54, 1.807) is 0 Å². The number of hydrogen-bond donors (Lipinski definition) is 2. The van der Waals surface area contributed by atoms with Gasteiger partial charge in [-0.1, -0.05) is 60.4 Å². The van der Waals surface area contributed by atoms with Crippen LogP contribution >= 0.6 is 11.3 Å². The van der Waals surface area contributed by atoms with Gasteiger partial charge in [-0.05, 0) is 34.4 Å². The molecule has 4 nitrogen and oxygen atoms in total. The molecule has 0 unspecified atom stereocenters. The molecule has 0 aliphatic heterocycles.